The van der Waals surface area contributed by atoms with Crippen LogP contribution < -0.4 is 0 Å². The molecule has 2 aliphatic carbocycles. The standard InChI is InChI=1S/C11H19N/c1-11-6-10(12(2)7-11)8-3-4-9(11)5-8/h8-10H,3-7H2,1-2H3. The third-order valence-corrected chi connectivity index (χ3v) is 4.86. The Bertz CT molecular complexity index is 213. The molecule has 2 saturated carbocycles. The monoisotopic (exact) mass is 165 g/mol. The minimum absolute atomic E-state index is 0.701. The Morgan fingerprint density at radius 3 is 3.00 bits per heavy atom. The van der Waals surface area contributed by atoms with E-state index in [1.54, 1.807) is 6.42 Å². The summed E-state index contributed by atoms with van der Waals surface area (Å²) in [5.41, 5.74) is 0.701. The van der Waals surface area contributed by atoms with Gasteiger partial charge in [-0.15, -0.1) is 0 Å². The quantitative estimate of drug-likeness (QED) is 0.531. The van der Waals surface area contributed by atoms with Gasteiger partial charge >= 0.3 is 0 Å². The highest BCUT2D eigenvalue weighted by Crippen LogP contribution is 2.57. The second kappa shape index (κ2) is 2.06. The van der Waals surface area contributed by atoms with E-state index in [0.717, 1.165) is 17.9 Å². The van der Waals surface area contributed by atoms with Crippen LogP contribution in [0.4, 0.5) is 0 Å². The molecule has 3 rings (SSSR count). The fourth-order valence-corrected chi connectivity index (χ4v) is 4.21. The highest BCUT2D eigenvalue weighted by atomic mass is 15.2. The summed E-state index contributed by atoms with van der Waals surface area (Å²) < 4.78 is 0. The van der Waals surface area contributed by atoms with Crippen LogP contribution in [-0.4, -0.2) is 24.5 Å². The molecular formula is C11H19N. The predicted molar refractivity (Wildman–Crippen MR) is 50.0 cm³/mol. The highest BCUT2D eigenvalue weighted by molar-refractivity contribution is 5.06. The number of nitrogens with zero attached hydrogens (tertiary/aromatic N) is 1. The lowest BCUT2D eigenvalue weighted by Crippen LogP contribution is -2.32. The van der Waals surface area contributed by atoms with Crippen molar-refractivity contribution >= 4 is 0 Å². The smallest absolute Gasteiger partial charge is 0.0127 e. The zero-order valence-corrected chi connectivity index (χ0v) is 8.21. The van der Waals surface area contributed by atoms with Crippen molar-refractivity contribution in [1.82, 2.24) is 4.90 Å². The molecule has 1 heterocycles. The minimum Gasteiger partial charge on any atom is -0.303 e. The molecule has 4 unspecified atom stereocenters. The molecule has 0 radical (unpaired) electrons. The van der Waals surface area contributed by atoms with Gasteiger partial charge in [-0.05, 0) is 50.0 Å². The van der Waals surface area contributed by atoms with Crippen LogP contribution in [0.3, 0.4) is 0 Å². The van der Waals surface area contributed by atoms with Crippen LogP contribution in [0.2, 0.25) is 0 Å². The Hall–Kier alpha value is -0.0400. The van der Waals surface area contributed by atoms with Crippen LogP contribution in [-0.2, 0) is 0 Å². The van der Waals surface area contributed by atoms with E-state index >= 15 is 0 Å². The first kappa shape index (κ1) is 7.37. The van der Waals surface area contributed by atoms with Crippen LogP contribution in [0.1, 0.15) is 32.6 Å². The van der Waals surface area contributed by atoms with Gasteiger partial charge < -0.3 is 4.90 Å². The molecule has 3 fully saturated rings. The second-order valence-corrected chi connectivity index (χ2v) is 5.61. The lowest BCUT2D eigenvalue weighted by atomic mass is 9.70. The minimum atomic E-state index is 0.701. The molecule has 1 heteroatoms. The SMILES string of the molecule is CN1CC2(C)CC1C1CCC2C1. The third kappa shape index (κ3) is 0.736. The summed E-state index contributed by atoms with van der Waals surface area (Å²) in [6.07, 6.45) is 6.10. The summed E-state index contributed by atoms with van der Waals surface area (Å²) in [4.78, 5) is 2.63. The highest BCUT2D eigenvalue weighted by Gasteiger charge is 2.54. The fourth-order valence-electron chi connectivity index (χ4n) is 4.21. The fraction of sp³-hybridized carbons (Fsp3) is 1.00. The molecule has 0 aromatic rings. The van der Waals surface area contributed by atoms with Crippen molar-refractivity contribution in [1.29, 1.82) is 0 Å². The average Bonchev–Trinajstić information content (AvgIpc) is 2.51. The maximum atomic E-state index is 2.63. The first-order valence-electron chi connectivity index (χ1n) is 5.39. The Morgan fingerprint density at radius 1 is 1.33 bits per heavy atom. The summed E-state index contributed by atoms with van der Waals surface area (Å²) in [6, 6.07) is 0.953. The largest absolute Gasteiger partial charge is 0.303 e. The van der Waals surface area contributed by atoms with E-state index in [0.29, 0.717) is 5.41 Å². The number of fused-ring (bicyclic) bond motifs is 6. The Balaban J connectivity index is 1.99. The number of hydrogen-bond acceptors (Lipinski definition) is 1. The van der Waals surface area contributed by atoms with Gasteiger partial charge in [-0.1, -0.05) is 6.92 Å². The van der Waals surface area contributed by atoms with Gasteiger partial charge in [-0.3, -0.25) is 0 Å². The van der Waals surface area contributed by atoms with E-state index in [-0.39, 0.29) is 0 Å². The van der Waals surface area contributed by atoms with Gasteiger partial charge in [0.2, 0.25) is 0 Å². The summed E-state index contributed by atoms with van der Waals surface area (Å²) in [7, 11) is 2.33. The van der Waals surface area contributed by atoms with Crippen molar-refractivity contribution in [3.63, 3.8) is 0 Å². The van der Waals surface area contributed by atoms with Gasteiger partial charge in [0, 0.05) is 12.6 Å². The first-order chi connectivity index (χ1) is 5.69. The maximum Gasteiger partial charge on any atom is 0.0127 e. The lowest BCUT2D eigenvalue weighted by Gasteiger charge is -2.34. The number of likely N-dealkylation sites (tertiary alicyclic amines) is 1. The van der Waals surface area contributed by atoms with Gasteiger partial charge in [0.1, 0.15) is 0 Å². The molecule has 68 valence electrons. The van der Waals surface area contributed by atoms with Crippen molar-refractivity contribution in [3.8, 4) is 0 Å². The first-order valence-corrected chi connectivity index (χ1v) is 5.39. The summed E-state index contributed by atoms with van der Waals surface area (Å²) in [5, 5.41) is 0. The van der Waals surface area contributed by atoms with E-state index in [9.17, 15) is 0 Å². The average molecular weight is 165 g/mol. The molecule has 0 spiro atoms. The summed E-state index contributed by atoms with van der Waals surface area (Å²) >= 11 is 0. The Labute approximate surface area is 75.1 Å². The van der Waals surface area contributed by atoms with E-state index in [1.165, 1.54) is 25.8 Å². The number of hydrogen-bond donors (Lipinski definition) is 0. The molecule has 1 saturated heterocycles. The molecule has 0 aromatic carbocycles. The molecule has 0 aromatic heterocycles. The molecule has 4 bridgehead atoms. The van der Waals surface area contributed by atoms with Crippen LogP contribution >= 0.6 is 0 Å². The third-order valence-electron chi connectivity index (χ3n) is 4.86. The Kier molecular flexibility index (Phi) is 1.27. The lowest BCUT2D eigenvalue weighted by molar-refractivity contribution is 0.174. The van der Waals surface area contributed by atoms with Gasteiger partial charge in [-0.2, -0.15) is 0 Å². The summed E-state index contributed by atoms with van der Waals surface area (Å²) in [6.45, 7) is 3.90. The van der Waals surface area contributed by atoms with Crippen LogP contribution in [0.15, 0.2) is 0 Å². The molecule has 0 amide bonds. The normalized spacial score (nSPS) is 58.0. The molecular weight excluding hydrogens is 146 g/mol. The van der Waals surface area contributed by atoms with Crippen LogP contribution in [0, 0.1) is 17.3 Å². The van der Waals surface area contributed by atoms with Crippen molar-refractivity contribution in [2.45, 2.75) is 38.6 Å². The molecule has 12 heavy (non-hydrogen) atoms. The van der Waals surface area contributed by atoms with Crippen molar-refractivity contribution in [2.75, 3.05) is 13.6 Å². The van der Waals surface area contributed by atoms with Crippen LogP contribution in [0.25, 0.3) is 0 Å². The molecule has 3 aliphatic rings. The molecule has 0 N–H and O–H groups in total. The Morgan fingerprint density at radius 2 is 2.17 bits per heavy atom. The molecule has 1 nitrogen and oxygen atoms in total. The van der Waals surface area contributed by atoms with E-state index in [1.807, 2.05) is 0 Å². The van der Waals surface area contributed by atoms with E-state index < -0.39 is 0 Å². The van der Waals surface area contributed by atoms with Crippen molar-refractivity contribution in [3.05, 3.63) is 0 Å². The van der Waals surface area contributed by atoms with Gasteiger partial charge in [0.15, 0.2) is 0 Å². The second-order valence-electron chi connectivity index (χ2n) is 5.61. The maximum absolute atomic E-state index is 2.63. The summed E-state index contributed by atoms with van der Waals surface area (Å²) in [5.74, 6) is 2.14. The topological polar surface area (TPSA) is 3.24 Å². The zero-order valence-electron chi connectivity index (χ0n) is 8.21. The van der Waals surface area contributed by atoms with E-state index in [2.05, 4.69) is 18.9 Å². The van der Waals surface area contributed by atoms with Gasteiger partial charge in [-0.25, -0.2) is 0 Å². The predicted octanol–water partition coefficient (Wildman–Crippen LogP) is 2.13. The molecule has 1 aliphatic heterocycles. The number of rotatable bonds is 0. The van der Waals surface area contributed by atoms with Crippen molar-refractivity contribution in [2.24, 2.45) is 17.3 Å². The van der Waals surface area contributed by atoms with Gasteiger partial charge in [0.25, 0.3) is 0 Å². The van der Waals surface area contributed by atoms with Gasteiger partial charge in [0.05, 0.1) is 0 Å². The van der Waals surface area contributed by atoms with Crippen LogP contribution in [0.5, 0.6) is 0 Å². The van der Waals surface area contributed by atoms with E-state index in [4.69, 9.17) is 0 Å². The molecule has 4 atom stereocenters. The van der Waals surface area contributed by atoms with Crippen molar-refractivity contribution < 1.29 is 0 Å². The zero-order chi connectivity index (χ0) is 8.34.